The van der Waals surface area contributed by atoms with E-state index in [4.69, 9.17) is 26.4 Å². The molecular weight excluding hydrogens is 418 g/mol. The number of amides is 1. The molecule has 0 spiro atoms. The number of esters is 1. The summed E-state index contributed by atoms with van der Waals surface area (Å²) in [6, 6.07) is 3.46. The maximum atomic E-state index is 11.7. The van der Waals surface area contributed by atoms with Crippen LogP contribution in [0.3, 0.4) is 0 Å². The number of rotatable bonds is 6. The van der Waals surface area contributed by atoms with Gasteiger partial charge in [0, 0.05) is 0 Å². The Morgan fingerprint density at radius 3 is 2.79 bits per heavy atom. The highest BCUT2D eigenvalue weighted by Gasteiger charge is 2.22. The van der Waals surface area contributed by atoms with Gasteiger partial charge in [-0.15, -0.1) is 0 Å². The number of hydrogen-bond donors (Lipinski definition) is 1. The minimum Gasteiger partial charge on any atom is -0.493 e. The van der Waals surface area contributed by atoms with Gasteiger partial charge in [-0.1, -0.05) is 24.0 Å². The van der Waals surface area contributed by atoms with Crippen LogP contribution < -0.4 is 14.8 Å². The molecule has 0 radical (unpaired) electrons. The molecule has 1 amide bonds. The summed E-state index contributed by atoms with van der Waals surface area (Å²) < 4.78 is 16.6. The summed E-state index contributed by atoms with van der Waals surface area (Å²) in [7, 11) is 1.49. The van der Waals surface area contributed by atoms with E-state index in [0.717, 1.165) is 5.56 Å². The lowest BCUT2D eigenvalue weighted by Gasteiger charge is -2.13. The second-order valence-electron chi connectivity index (χ2n) is 4.48. The van der Waals surface area contributed by atoms with Crippen LogP contribution >= 0.6 is 39.9 Å². The average Bonchev–Trinajstić information content (AvgIpc) is 2.83. The lowest BCUT2D eigenvalue weighted by atomic mass is 10.2. The monoisotopic (exact) mass is 431 g/mol. The van der Waals surface area contributed by atoms with Gasteiger partial charge in [-0.05, 0) is 46.6 Å². The lowest BCUT2D eigenvalue weighted by Crippen LogP contribution is -2.17. The third-order valence-electron chi connectivity index (χ3n) is 2.83. The van der Waals surface area contributed by atoms with Gasteiger partial charge in [0.15, 0.2) is 18.1 Å². The fourth-order valence-electron chi connectivity index (χ4n) is 1.87. The normalized spacial score (nSPS) is 15.4. The standard InChI is InChI=1S/C15H14BrNO5S2/c1-3-21-12(18)7-22-13-9(16)4-8(5-10(13)20-2)6-11-14(19)17-15(23)24-11/h4-6H,3,7H2,1-2H3,(H,17,19,23)/b11-6+. The SMILES string of the molecule is CCOC(=O)COc1c(Br)cc(/C=C2/SC(=S)NC2=O)cc1OC. The summed E-state index contributed by atoms with van der Waals surface area (Å²) in [5.74, 6) is 0.103. The van der Waals surface area contributed by atoms with E-state index in [9.17, 15) is 9.59 Å². The summed E-state index contributed by atoms with van der Waals surface area (Å²) in [5.41, 5.74) is 0.726. The van der Waals surface area contributed by atoms with E-state index in [1.807, 2.05) is 0 Å². The van der Waals surface area contributed by atoms with Crippen molar-refractivity contribution in [3.63, 3.8) is 0 Å². The van der Waals surface area contributed by atoms with Crippen LogP contribution in [0.15, 0.2) is 21.5 Å². The van der Waals surface area contributed by atoms with Crippen molar-refractivity contribution in [3.8, 4) is 11.5 Å². The number of ether oxygens (including phenoxy) is 3. The third-order valence-corrected chi connectivity index (χ3v) is 4.58. The molecule has 0 aliphatic carbocycles. The molecule has 0 saturated carbocycles. The van der Waals surface area contributed by atoms with E-state index in [1.165, 1.54) is 18.9 Å². The first kappa shape index (κ1) is 18.8. The first-order valence-electron chi connectivity index (χ1n) is 6.85. The van der Waals surface area contributed by atoms with Crippen LogP contribution in [0.1, 0.15) is 12.5 Å². The Bertz CT molecular complexity index is 720. The van der Waals surface area contributed by atoms with E-state index >= 15 is 0 Å². The molecule has 2 rings (SSSR count). The number of halogens is 1. The zero-order chi connectivity index (χ0) is 17.7. The van der Waals surface area contributed by atoms with Gasteiger partial charge in [-0.3, -0.25) is 4.79 Å². The number of benzene rings is 1. The quantitative estimate of drug-likeness (QED) is 0.421. The third kappa shape index (κ3) is 4.71. The number of thioether (sulfide) groups is 1. The Morgan fingerprint density at radius 2 is 2.21 bits per heavy atom. The van der Waals surface area contributed by atoms with Crippen LogP contribution in [0.5, 0.6) is 11.5 Å². The van der Waals surface area contributed by atoms with Gasteiger partial charge >= 0.3 is 5.97 Å². The molecule has 0 atom stereocenters. The van der Waals surface area contributed by atoms with Crippen LogP contribution in [-0.4, -0.2) is 36.5 Å². The maximum absolute atomic E-state index is 11.7. The predicted octanol–water partition coefficient (Wildman–Crippen LogP) is 2.89. The topological polar surface area (TPSA) is 73.9 Å². The molecule has 1 aromatic carbocycles. The molecule has 9 heteroatoms. The first-order valence-corrected chi connectivity index (χ1v) is 8.87. The fraction of sp³-hybridized carbons (Fsp3) is 0.267. The van der Waals surface area contributed by atoms with Crippen LogP contribution in [0.25, 0.3) is 6.08 Å². The minimum absolute atomic E-state index is 0.226. The number of carbonyl (C=O) groups is 2. The first-order chi connectivity index (χ1) is 11.4. The zero-order valence-electron chi connectivity index (χ0n) is 12.9. The Labute approximate surface area is 157 Å². The summed E-state index contributed by atoms with van der Waals surface area (Å²) in [4.78, 5) is 23.6. The number of carbonyl (C=O) groups excluding carboxylic acids is 2. The molecule has 0 unspecified atom stereocenters. The summed E-state index contributed by atoms with van der Waals surface area (Å²) in [6.07, 6.45) is 1.70. The van der Waals surface area contributed by atoms with Crippen molar-refractivity contribution in [2.24, 2.45) is 0 Å². The molecule has 0 aromatic heterocycles. The smallest absolute Gasteiger partial charge is 0.344 e. The molecule has 1 aliphatic heterocycles. The molecule has 1 N–H and O–H groups in total. The van der Waals surface area contributed by atoms with E-state index in [1.54, 1.807) is 25.1 Å². The van der Waals surface area contributed by atoms with Gasteiger partial charge in [-0.2, -0.15) is 0 Å². The van der Waals surface area contributed by atoms with E-state index < -0.39 is 5.97 Å². The Hall–Kier alpha value is -1.58. The average molecular weight is 432 g/mol. The van der Waals surface area contributed by atoms with Crippen molar-refractivity contribution in [2.75, 3.05) is 20.3 Å². The van der Waals surface area contributed by atoms with Crippen molar-refractivity contribution in [1.82, 2.24) is 5.32 Å². The van der Waals surface area contributed by atoms with Gasteiger partial charge in [0.05, 0.1) is 23.1 Å². The van der Waals surface area contributed by atoms with Crippen molar-refractivity contribution < 1.29 is 23.8 Å². The Morgan fingerprint density at radius 1 is 1.46 bits per heavy atom. The lowest BCUT2D eigenvalue weighted by molar-refractivity contribution is -0.145. The van der Waals surface area contributed by atoms with E-state index in [-0.39, 0.29) is 19.1 Å². The van der Waals surface area contributed by atoms with Crippen LogP contribution in [0, 0.1) is 0 Å². The second kappa shape index (κ2) is 8.50. The van der Waals surface area contributed by atoms with E-state index in [0.29, 0.717) is 25.2 Å². The molecule has 1 saturated heterocycles. The molecule has 6 nitrogen and oxygen atoms in total. The molecular formula is C15H14BrNO5S2. The van der Waals surface area contributed by atoms with Gasteiger partial charge in [0.1, 0.15) is 4.32 Å². The van der Waals surface area contributed by atoms with Crippen LogP contribution in [0.4, 0.5) is 0 Å². The van der Waals surface area contributed by atoms with E-state index in [2.05, 4.69) is 21.2 Å². The highest BCUT2D eigenvalue weighted by molar-refractivity contribution is 9.10. The number of thiocarbonyl (C=S) groups is 1. The molecule has 1 heterocycles. The molecule has 1 aliphatic rings. The van der Waals surface area contributed by atoms with Crippen LogP contribution in [-0.2, 0) is 14.3 Å². The highest BCUT2D eigenvalue weighted by atomic mass is 79.9. The summed E-state index contributed by atoms with van der Waals surface area (Å²) >= 11 is 9.54. The van der Waals surface area contributed by atoms with Gasteiger partial charge < -0.3 is 19.5 Å². The summed E-state index contributed by atoms with van der Waals surface area (Å²) in [6.45, 7) is 1.78. The second-order valence-corrected chi connectivity index (χ2v) is 7.05. The maximum Gasteiger partial charge on any atom is 0.344 e. The number of nitrogens with one attached hydrogen (secondary N) is 1. The molecule has 24 heavy (non-hydrogen) atoms. The minimum atomic E-state index is -0.467. The van der Waals surface area contributed by atoms with Crippen LogP contribution in [0.2, 0.25) is 0 Å². The Balaban J connectivity index is 2.24. The number of hydrogen-bond acceptors (Lipinski definition) is 7. The van der Waals surface area contributed by atoms with Crippen molar-refractivity contribution >= 4 is 62.2 Å². The van der Waals surface area contributed by atoms with Crippen molar-refractivity contribution in [2.45, 2.75) is 6.92 Å². The fourth-order valence-corrected chi connectivity index (χ4v) is 3.49. The van der Waals surface area contributed by atoms with Gasteiger partial charge in [0.2, 0.25) is 0 Å². The molecule has 128 valence electrons. The number of methoxy groups -OCH3 is 1. The Kier molecular flexibility index (Phi) is 6.64. The van der Waals surface area contributed by atoms with Gasteiger partial charge in [-0.25, -0.2) is 4.79 Å². The van der Waals surface area contributed by atoms with Crippen molar-refractivity contribution in [1.29, 1.82) is 0 Å². The molecule has 0 bridgehead atoms. The molecule has 1 fully saturated rings. The van der Waals surface area contributed by atoms with Gasteiger partial charge in [0.25, 0.3) is 5.91 Å². The molecule has 1 aromatic rings. The predicted molar refractivity (Wildman–Crippen MR) is 99.1 cm³/mol. The van der Waals surface area contributed by atoms with Crippen molar-refractivity contribution in [3.05, 3.63) is 27.1 Å². The summed E-state index contributed by atoms with van der Waals surface area (Å²) in [5, 5.41) is 2.55. The largest absolute Gasteiger partial charge is 0.493 e. The highest BCUT2D eigenvalue weighted by Crippen LogP contribution is 2.38. The zero-order valence-corrected chi connectivity index (χ0v) is 16.1.